The van der Waals surface area contributed by atoms with Crippen LogP contribution in [0.4, 0.5) is 5.69 Å². The molecule has 0 fully saturated rings. The summed E-state index contributed by atoms with van der Waals surface area (Å²) in [4.78, 5) is 3.19. The number of rotatable bonds is 5. The van der Waals surface area contributed by atoms with Crippen molar-refractivity contribution >= 4 is 16.6 Å². The topological polar surface area (TPSA) is 46.3 Å². The highest BCUT2D eigenvalue weighted by Gasteiger charge is 2.09. The van der Waals surface area contributed by atoms with Crippen LogP contribution in [0.15, 0.2) is 48.7 Å². The molecule has 1 heterocycles. The Morgan fingerprint density at radius 3 is 2.76 bits per heavy atom. The molecule has 0 radical (unpaired) electrons. The highest BCUT2D eigenvalue weighted by molar-refractivity contribution is 5.82. The van der Waals surface area contributed by atoms with Crippen LogP contribution in [0.5, 0.6) is 11.5 Å². The van der Waals surface area contributed by atoms with Gasteiger partial charge in [-0.3, -0.25) is 0 Å². The number of nitrogens with one attached hydrogen (secondary N) is 2. The van der Waals surface area contributed by atoms with Gasteiger partial charge in [0.25, 0.3) is 0 Å². The van der Waals surface area contributed by atoms with Crippen LogP contribution in [-0.2, 0) is 6.54 Å². The maximum atomic E-state index is 5.44. The fourth-order valence-corrected chi connectivity index (χ4v) is 2.45. The molecule has 4 nitrogen and oxygen atoms in total. The van der Waals surface area contributed by atoms with Crippen molar-refractivity contribution < 1.29 is 9.47 Å². The predicted octanol–water partition coefficient (Wildman–Crippen LogP) is 3.80. The standard InChI is InChI=1S/C17H18N2O2/c1-20-16-5-3-4-13(17(16)21-2)11-19-14-6-7-15-12(10-14)8-9-18-15/h3-10,18-19H,11H2,1-2H3. The number of benzene rings is 2. The Morgan fingerprint density at radius 2 is 1.95 bits per heavy atom. The van der Waals surface area contributed by atoms with E-state index in [1.165, 1.54) is 5.39 Å². The van der Waals surface area contributed by atoms with Crippen molar-refractivity contribution in [2.75, 3.05) is 19.5 Å². The zero-order chi connectivity index (χ0) is 14.7. The van der Waals surface area contributed by atoms with Gasteiger partial charge < -0.3 is 19.8 Å². The van der Waals surface area contributed by atoms with E-state index >= 15 is 0 Å². The van der Waals surface area contributed by atoms with Gasteiger partial charge in [-0.2, -0.15) is 0 Å². The number of H-pyrrole nitrogens is 1. The molecule has 0 atom stereocenters. The maximum Gasteiger partial charge on any atom is 0.165 e. The molecule has 0 saturated carbocycles. The van der Waals surface area contributed by atoms with Crippen molar-refractivity contribution in [3.8, 4) is 11.5 Å². The second kappa shape index (κ2) is 5.79. The molecule has 4 heteroatoms. The summed E-state index contributed by atoms with van der Waals surface area (Å²) in [6, 6.07) is 14.2. The summed E-state index contributed by atoms with van der Waals surface area (Å²) in [6.07, 6.45) is 1.94. The maximum absolute atomic E-state index is 5.44. The predicted molar refractivity (Wildman–Crippen MR) is 85.2 cm³/mol. The smallest absolute Gasteiger partial charge is 0.165 e. The number of aromatic nitrogens is 1. The van der Waals surface area contributed by atoms with Crippen molar-refractivity contribution in [1.82, 2.24) is 4.98 Å². The first-order valence-electron chi connectivity index (χ1n) is 6.82. The fraction of sp³-hybridized carbons (Fsp3) is 0.176. The van der Waals surface area contributed by atoms with Crippen LogP contribution in [0.3, 0.4) is 0 Å². The van der Waals surface area contributed by atoms with Crippen LogP contribution in [0.1, 0.15) is 5.56 Å². The van der Waals surface area contributed by atoms with Crippen LogP contribution in [0.2, 0.25) is 0 Å². The average molecular weight is 282 g/mol. The summed E-state index contributed by atoms with van der Waals surface area (Å²) in [5, 5.41) is 4.61. The van der Waals surface area contributed by atoms with Gasteiger partial charge in [-0.25, -0.2) is 0 Å². The zero-order valence-electron chi connectivity index (χ0n) is 12.1. The largest absolute Gasteiger partial charge is 0.493 e. The molecule has 0 spiro atoms. The molecule has 0 unspecified atom stereocenters. The van der Waals surface area contributed by atoms with Crippen molar-refractivity contribution in [2.24, 2.45) is 0 Å². The molecule has 0 aliphatic carbocycles. The van der Waals surface area contributed by atoms with Gasteiger partial charge in [0, 0.05) is 34.9 Å². The molecule has 1 aromatic heterocycles. The fourth-order valence-electron chi connectivity index (χ4n) is 2.45. The number of ether oxygens (including phenoxy) is 2. The molecule has 0 bridgehead atoms. The minimum absolute atomic E-state index is 0.677. The summed E-state index contributed by atoms with van der Waals surface area (Å²) in [6.45, 7) is 0.677. The van der Waals surface area contributed by atoms with Gasteiger partial charge in [0.1, 0.15) is 0 Å². The Kier molecular flexibility index (Phi) is 3.69. The lowest BCUT2D eigenvalue weighted by molar-refractivity contribution is 0.352. The van der Waals surface area contributed by atoms with Crippen LogP contribution < -0.4 is 14.8 Å². The molecule has 2 N–H and O–H groups in total. The SMILES string of the molecule is COc1cccc(CNc2ccc3[nH]ccc3c2)c1OC. The Morgan fingerprint density at radius 1 is 1.05 bits per heavy atom. The van der Waals surface area contributed by atoms with Crippen LogP contribution in [0, 0.1) is 0 Å². The van der Waals surface area contributed by atoms with Crippen molar-refractivity contribution in [3.63, 3.8) is 0 Å². The van der Waals surface area contributed by atoms with E-state index in [-0.39, 0.29) is 0 Å². The van der Waals surface area contributed by atoms with Gasteiger partial charge in [0.2, 0.25) is 0 Å². The number of hydrogen-bond donors (Lipinski definition) is 2. The summed E-state index contributed by atoms with van der Waals surface area (Å²) < 4.78 is 10.8. The number of aromatic amines is 1. The Balaban J connectivity index is 1.80. The molecular weight excluding hydrogens is 264 g/mol. The van der Waals surface area contributed by atoms with Gasteiger partial charge in [0.05, 0.1) is 14.2 Å². The second-order valence-electron chi connectivity index (χ2n) is 4.79. The molecule has 3 aromatic rings. The number of anilines is 1. The van der Waals surface area contributed by atoms with E-state index < -0.39 is 0 Å². The van der Waals surface area contributed by atoms with Crippen molar-refractivity contribution in [2.45, 2.75) is 6.54 Å². The average Bonchev–Trinajstić information content (AvgIpc) is 2.99. The minimum atomic E-state index is 0.677. The molecule has 0 amide bonds. The summed E-state index contributed by atoms with van der Waals surface area (Å²) >= 11 is 0. The number of para-hydroxylation sites is 1. The van der Waals surface area contributed by atoms with E-state index in [1.807, 2.05) is 24.4 Å². The second-order valence-corrected chi connectivity index (χ2v) is 4.79. The van der Waals surface area contributed by atoms with E-state index in [2.05, 4.69) is 34.6 Å². The summed E-state index contributed by atoms with van der Waals surface area (Å²) in [7, 11) is 3.31. The molecule has 3 rings (SSSR count). The number of hydrogen-bond acceptors (Lipinski definition) is 3. The lowest BCUT2D eigenvalue weighted by atomic mass is 10.1. The lowest BCUT2D eigenvalue weighted by Gasteiger charge is -2.13. The van der Waals surface area contributed by atoms with E-state index in [4.69, 9.17) is 9.47 Å². The Bertz CT molecular complexity index is 749. The van der Waals surface area contributed by atoms with Crippen LogP contribution >= 0.6 is 0 Å². The van der Waals surface area contributed by atoms with E-state index in [0.29, 0.717) is 6.54 Å². The monoisotopic (exact) mass is 282 g/mol. The third-order valence-corrected chi connectivity index (χ3v) is 3.52. The third kappa shape index (κ3) is 2.65. The number of methoxy groups -OCH3 is 2. The Hall–Kier alpha value is -2.62. The highest BCUT2D eigenvalue weighted by Crippen LogP contribution is 2.31. The van der Waals surface area contributed by atoms with Crippen molar-refractivity contribution in [3.05, 3.63) is 54.2 Å². The van der Waals surface area contributed by atoms with Crippen molar-refractivity contribution in [1.29, 1.82) is 0 Å². The highest BCUT2D eigenvalue weighted by atomic mass is 16.5. The first kappa shape index (κ1) is 13.4. The van der Waals surface area contributed by atoms with Gasteiger partial charge >= 0.3 is 0 Å². The summed E-state index contributed by atoms with van der Waals surface area (Å²) in [5.41, 5.74) is 3.28. The molecule has 0 aliphatic rings. The van der Waals surface area contributed by atoms with E-state index in [1.54, 1.807) is 14.2 Å². The normalized spacial score (nSPS) is 10.6. The molecule has 21 heavy (non-hydrogen) atoms. The van der Waals surface area contributed by atoms with Gasteiger partial charge in [-0.15, -0.1) is 0 Å². The van der Waals surface area contributed by atoms with E-state index in [9.17, 15) is 0 Å². The molecular formula is C17H18N2O2. The van der Waals surface area contributed by atoms with Crippen LogP contribution in [0.25, 0.3) is 10.9 Å². The molecule has 0 aliphatic heterocycles. The molecule has 0 saturated heterocycles. The van der Waals surface area contributed by atoms with E-state index in [0.717, 1.165) is 28.3 Å². The zero-order valence-corrected chi connectivity index (χ0v) is 12.1. The quantitative estimate of drug-likeness (QED) is 0.748. The first-order valence-corrected chi connectivity index (χ1v) is 6.82. The van der Waals surface area contributed by atoms with Gasteiger partial charge in [0.15, 0.2) is 11.5 Å². The van der Waals surface area contributed by atoms with Gasteiger partial charge in [-0.05, 0) is 30.3 Å². The number of fused-ring (bicyclic) bond motifs is 1. The Labute approximate surface area is 123 Å². The summed E-state index contributed by atoms with van der Waals surface area (Å²) in [5.74, 6) is 1.52. The molecule has 2 aromatic carbocycles. The third-order valence-electron chi connectivity index (χ3n) is 3.52. The minimum Gasteiger partial charge on any atom is -0.493 e. The molecule has 108 valence electrons. The van der Waals surface area contributed by atoms with Gasteiger partial charge in [-0.1, -0.05) is 12.1 Å². The lowest BCUT2D eigenvalue weighted by Crippen LogP contribution is -2.02. The first-order chi connectivity index (χ1) is 10.3. The van der Waals surface area contributed by atoms with Crippen LogP contribution in [-0.4, -0.2) is 19.2 Å².